The highest BCUT2D eigenvalue weighted by Gasteiger charge is 2.38. The molecule has 0 atom stereocenters. The Morgan fingerprint density at radius 2 is 1.35 bits per heavy atom. The molecule has 0 bridgehead atoms. The molecule has 1 aromatic heterocycles. The summed E-state index contributed by atoms with van der Waals surface area (Å²) in [5.41, 5.74) is 7.90. The molecule has 23 heavy (non-hydrogen) atoms. The summed E-state index contributed by atoms with van der Waals surface area (Å²) >= 11 is 0. The maximum atomic E-state index is 6.35. The van der Waals surface area contributed by atoms with Crippen molar-refractivity contribution in [3.8, 4) is 0 Å². The predicted molar refractivity (Wildman–Crippen MR) is 92.0 cm³/mol. The van der Waals surface area contributed by atoms with Gasteiger partial charge in [-0.05, 0) is 23.3 Å². The van der Waals surface area contributed by atoms with Crippen LogP contribution < -0.4 is 5.73 Å². The van der Waals surface area contributed by atoms with Crippen molar-refractivity contribution in [2.75, 3.05) is 13.2 Å². The zero-order valence-corrected chi connectivity index (χ0v) is 12.9. The lowest BCUT2D eigenvalue weighted by molar-refractivity contribution is 0.0148. The first-order chi connectivity index (χ1) is 11.4. The summed E-state index contributed by atoms with van der Waals surface area (Å²) in [5, 5.41) is 0. The molecule has 2 N–H and O–H groups in total. The third-order valence-corrected chi connectivity index (χ3v) is 3.82. The predicted octanol–water partition coefficient (Wildman–Crippen LogP) is 3.35. The second-order valence-corrected chi connectivity index (χ2v) is 5.27. The third kappa shape index (κ3) is 3.02. The molecule has 0 amide bonds. The number of hydrogen-bond donors (Lipinski definition) is 1. The van der Waals surface area contributed by atoms with Crippen LogP contribution in [0.25, 0.3) is 0 Å². The molecule has 2 aromatic carbocycles. The number of nitrogens with zero attached hydrogens (tertiary/aromatic N) is 1. The van der Waals surface area contributed by atoms with E-state index in [1.807, 2.05) is 54.6 Å². The monoisotopic (exact) mass is 304 g/mol. The van der Waals surface area contributed by atoms with Crippen molar-refractivity contribution in [1.29, 1.82) is 0 Å². The number of benzene rings is 2. The average molecular weight is 304 g/mol. The number of aromatic nitrogens is 1. The molecule has 0 spiro atoms. The molecule has 3 heteroatoms. The number of rotatable bonds is 6. The molecule has 116 valence electrons. The SMILES string of the molecule is NCCOC(c1ccccc1)(c1ccccc1)c1ccccn1. The van der Waals surface area contributed by atoms with E-state index >= 15 is 0 Å². The van der Waals surface area contributed by atoms with Crippen molar-refractivity contribution in [1.82, 2.24) is 4.98 Å². The summed E-state index contributed by atoms with van der Waals surface area (Å²) in [6.45, 7) is 0.897. The summed E-state index contributed by atoms with van der Waals surface area (Å²) in [5.74, 6) is 0. The van der Waals surface area contributed by atoms with E-state index in [4.69, 9.17) is 10.5 Å². The van der Waals surface area contributed by atoms with E-state index in [0.29, 0.717) is 13.2 Å². The zero-order valence-electron chi connectivity index (χ0n) is 12.9. The fourth-order valence-electron chi connectivity index (χ4n) is 2.83. The molecule has 0 aliphatic carbocycles. The fraction of sp³-hybridized carbons (Fsp3) is 0.150. The topological polar surface area (TPSA) is 48.1 Å². The molecule has 3 aromatic rings. The van der Waals surface area contributed by atoms with Crippen LogP contribution in [0.2, 0.25) is 0 Å². The molecule has 0 aliphatic rings. The van der Waals surface area contributed by atoms with Crippen molar-refractivity contribution in [2.24, 2.45) is 5.73 Å². The molecule has 0 saturated heterocycles. The summed E-state index contributed by atoms with van der Waals surface area (Å²) in [7, 11) is 0. The minimum Gasteiger partial charge on any atom is -0.358 e. The second-order valence-electron chi connectivity index (χ2n) is 5.27. The van der Waals surface area contributed by atoms with E-state index in [2.05, 4.69) is 29.2 Å². The maximum Gasteiger partial charge on any atom is 0.160 e. The van der Waals surface area contributed by atoms with Gasteiger partial charge >= 0.3 is 0 Å². The quantitative estimate of drug-likeness (QED) is 0.759. The van der Waals surface area contributed by atoms with Crippen LogP contribution in [0.15, 0.2) is 85.1 Å². The molecule has 0 radical (unpaired) electrons. The fourth-order valence-corrected chi connectivity index (χ4v) is 2.83. The Morgan fingerprint density at radius 1 is 0.783 bits per heavy atom. The van der Waals surface area contributed by atoms with Crippen LogP contribution in [0.1, 0.15) is 16.8 Å². The van der Waals surface area contributed by atoms with E-state index < -0.39 is 5.60 Å². The Labute approximate surface area is 136 Å². The van der Waals surface area contributed by atoms with Gasteiger partial charge in [0.1, 0.15) is 0 Å². The molecule has 0 unspecified atom stereocenters. The van der Waals surface area contributed by atoms with Crippen molar-refractivity contribution < 1.29 is 4.74 Å². The number of nitrogens with two attached hydrogens (primary N) is 1. The lowest BCUT2D eigenvalue weighted by Crippen LogP contribution is -2.35. The standard InChI is InChI=1S/C20H20N2O/c21-14-16-23-20(17-9-3-1-4-10-17,18-11-5-2-6-12-18)19-13-7-8-15-22-19/h1-13,15H,14,16,21H2. The van der Waals surface area contributed by atoms with Crippen LogP contribution in [-0.4, -0.2) is 18.1 Å². The lowest BCUT2D eigenvalue weighted by atomic mass is 9.83. The summed E-state index contributed by atoms with van der Waals surface area (Å²) in [6.07, 6.45) is 1.79. The first-order valence-electron chi connectivity index (χ1n) is 7.74. The van der Waals surface area contributed by atoms with Gasteiger partial charge in [0.15, 0.2) is 5.60 Å². The first kappa shape index (κ1) is 15.4. The van der Waals surface area contributed by atoms with E-state index in [-0.39, 0.29) is 0 Å². The van der Waals surface area contributed by atoms with Gasteiger partial charge in [-0.3, -0.25) is 4.98 Å². The zero-order chi connectivity index (χ0) is 16.0. The molecule has 0 aliphatic heterocycles. The van der Waals surface area contributed by atoms with Gasteiger partial charge in [0.25, 0.3) is 0 Å². The van der Waals surface area contributed by atoms with Gasteiger partial charge in [-0.2, -0.15) is 0 Å². The Bertz CT molecular complexity index is 618. The van der Waals surface area contributed by atoms with Gasteiger partial charge in [0.2, 0.25) is 0 Å². The van der Waals surface area contributed by atoms with Crippen molar-refractivity contribution in [2.45, 2.75) is 5.60 Å². The molecule has 0 saturated carbocycles. The normalized spacial score (nSPS) is 11.3. The number of pyridine rings is 1. The molecule has 0 fully saturated rings. The average Bonchev–Trinajstić information content (AvgIpc) is 2.65. The van der Waals surface area contributed by atoms with Crippen molar-refractivity contribution in [3.63, 3.8) is 0 Å². The van der Waals surface area contributed by atoms with Crippen molar-refractivity contribution >= 4 is 0 Å². The van der Waals surface area contributed by atoms with E-state index in [0.717, 1.165) is 16.8 Å². The Hall–Kier alpha value is -2.49. The van der Waals surface area contributed by atoms with Gasteiger partial charge in [-0.15, -0.1) is 0 Å². The molecule has 1 heterocycles. The van der Waals surface area contributed by atoms with Crippen molar-refractivity contribution in [3.05, 3.63) is 102 Å². The molecular formula is C20H20N2O. The molecular weight excluding hydrogens is 284 g/mol. The molecule has 3 nitrogen and oxygen atoms in total. The van der Waals surface area contributed by atoms with Gasteiger partial charge in [0, 0.05) is 12.7 Å². The largest absolute Gasteiger partial charge is 0.358 e. The summed E-state index contributed by atoms with van der Waals surface area (Å²) in [4.78, 5) is 4.59. The van der Waals surface area contributed by atoms with Crippen LogP contribution in [0.5, 0.6) is 0 Å². The highest BCUT2D eigenvalue weighted by atomic mass is 16.5. The lowest BCUT2D eigenvalue weighted by Gasteiger charge is -2.34. The second kappa shape index (κ2) is 7.18. The van der Waals surface area contributed by atoms with E-state index in [1.54, 1.807) is 6.20 Å². The van der Waals surface area contributed by atoms with Gasteiger partial charge in [-0.1, -0.05) is 66.7 Å². The number of ether oxygens (including phenoxy) is 1. The van der Waals surface area contributed by atoms with Crippen LogP contribution in [0.4, 0.5) is 0 Å². The highest BCUT2D eigenvalue weighted by molar-refractivity contribution is 5.44. The van der Waals surface area contributed by atoms with E-state index in [9.17, 15) is 0 Å². The summed E-state index contributed by atoms with van der Waals surface area (Å²) in [6, 6.07) is 26.2. The van der Waals surface area contributed by atoms with Crippen LogP contribution in [0, 0.1) is 0 Å². The van der Waals surface area contributed by atoms with Crippen LogP contribution in [0.3, 0.4) is 0 Å². The Balaban J connectivity index is 2.25. The third-order valence-electron chi connectivity index (χ3n) is 3.82. The summed E-state index contributed by atoms with van der Waals surface area (Å²) < 4.78 is 6.35. The van der Waals surface area contributed by atoms with Crippen LogP contribution >= 0.6 is 0 Å². The molecule has 3 rings (SSSR count). The number of hydrogen-bond acceptors (Lipinski definition) is 3. The minimum absolute atomic E-state index is 0.445. The van der Waals surface area contributed by atoms with Gasteiger partial charge < -0.3 is 10.5 Å². The van der Waals surface area contributed by atoms with Gasteiger partial charge in [-0.25, -0.2) is 0 Å². The van der Waals surface area contributed by atoms with Crippen LogP contribution in [-0.2, 0) is 10.3 Å². The highest BCUT2D eigenvalue weighted by Crippen LogP contribution is 2.39. The minimum atomic E-state index is -0.761. The van der Waals surface area contributed by atoms with Gasteiger partial charge in [0.05, 0.1) is 12.3 Å². The smallest absolute Gasteiger partial charge is 0.160 e. The Morgan fingerprint density at radius 3 is 1.83 bits per heavy atom. The first-order valence-corrected chi connectivity index (χ1v) is 7.74. The Kier molecular flexibility index (Phi) is 4.81. The maximum absolute atomic E-state index is 6.35. The van der Waals surface area contributed by atoms with E-state index in [1.165, 1.54) is 0 Å².